The number of nitrogens with zero attached hydrogens (tertiary/aromatic N) is 3. The van der Waals surface area contributed by atoms with Crippen LogP contribution in [0.3, 0.4) is 0 Å². The first kappa shape index (κ1) is 31.5. The largest absolute Gasteiger partial charge is 0.334 e. The van der Waals surface area contributed by atoms with Crippen LogP contribution in [0.15, 0.2) is 66.7 Å². The molecule has 43 heavy (non-hydrogen) atoms. The van der Waals surface area contributed by atoms with Crippen LogP contribution in [-0.2, 0) is 11.3 Å². The predicted molar refractivity (Wildman–Crippen MR) is 175 cm³/mol. The molecule has 2 atom stereocenters. The molecule has 0 bridgehead atoms. The van der Waals surface area contributed by atoms with E-state index in [4.69, 9.17) is 23.2 Å². The van der Waals surface area contributed by atoms with E-state index in [-0.39, 0.29) is 23.9 Å². The number of carbonyl (C=O) groups excluding carboxylic acids is 2. The lowest BCUT2D eigenvalue weighted by Crippen LogP contribution is -2.53. The Kier molecular flexibility index (Phi) is 10.5. The highest BCUT2D eigenvalue weighted by Gasteiger charge is 2.35. The minimum Gasteiger partial charge on any atom is -0.334 e. The molecular formula is C35H42Cl2N4O2. The molecule has 6 nitrogen and oxygen atoms in total. The van der Waals surface area contributed by atoms with E-state index in [1.54, 1.807) is 6.07 Å². The van der Waals surface area contributed by atoms with Crippen LogP contribution in [0.25, 0.3) is 0 Å². The molecule has 2 aliphatic heterocycles. The maximum absolute atomic E-state index is 13.8. The zero-order chi connectivity index (χ0) is 30.5. The smallest absolute Gasteiger partial charge is 0.254 e. The fraction of sp³-hybridized carbons (Fsp3) is 0.429. The van der Waals surface area contributed by atoms with Crippen molar-refractivity contribution in [3.8, 4) is 0 Å². The second-order valence-electron chi connectivity index (χ2n) is 12.2. The lowest BCUT2D eigenvalue weighted by molar-refractivity contribution is -0.136. The number of likely N-dealkylation sites (tertiary alicyclic amines) is 1. The molecule has 2 heterocycles. The lowest BCUT2D eigenvalue weighted by atomic mass is 9.99. The first-order valence-corrected chi connectivity index (χ1v) is 16.1. The average Bonchev–Trinajstić information content (AvgIpc) is 2.99. The standard InChI is InChI=1S/C35H42Cl2N4O2/c1-24-17-25(2)19-29(18-24)35(43)40-15-16-41(33(23-40)28-9-10-31(36)32(37)21-28)34(42)20-26(3)38-30-11-13-39(14-12-30)22-27-7-5-4-6-8-27/h4-10,17-19,21,26,30,33,38H,11-16,20,22-23H2,1-3H3. The molecule has 1 N–H and O–H groups in total. The first-order chi connectivity index (χ1) is 20.7. The Morgan fingerprint density at radius 2 is 1.58 bits per heavy atom. The van der Waals surface area contributed by atoms with Crippen LogP contribution in [0.4, 0.5) is 0 Å². The van der Waals surface area contributed by atoms with Gasteiger partial charge in [0.1, 0.15) is 0 Å². The highest BCUT2D eigenvalue weighted by atomic mass is 35.5. The van der Waals surface area contributed by atoms with Gasteiger partial charge in [0.2, 0.25) is 5.91 Å². The number of rotatable bonds is 8. The Morgan fingerprint density at radius 1 is 0.884 bits per heavy atom. The highest BCUT2D eigenvalue weighted by Crippen LogP contribution is 2.32. The van der Waals surface area contributed by atoms with Crippen LogP contribution in [0.5, 0.6) is 0 Å². The van der Waals surface area contributed by atoms with Crippen LogP contribution in [0, 0.1) is 13.8 Å². The van der Waals surface area contributed by atoms with Crippen LogP contribution in [0.2, 0.25) is 10.0 Å². The Labute approximate surface area is 265 Å². The molecule has 5 rings (SSSR count). The van der Waals surface area contributed by atoms with Gasteiger partial charge in [-0.15, -0.1) is 0 Å². The van der Waals surface area contributed by atoms with E-state index in [1.165, 1.54) is 5.56 Å². The maximum atomic E-state index is 13.8. The van der Waals surface area contributed by atoms with Crippen molar-refractivity contribution in [1.29, 1.82) is 0 Å². The average molecular weight is 622 g/mol. The number of amides is 2. The molecule has 0 radical (unpaired) electrons. The van der Waals surface area contributed by atoms with Gasteiger partial charge in [-0.2, -0.15) is 0 Å². The fourth-order valence-corrected chi connectivity index (χ4v) is 6.80. The highest BCUT2D eigenvalue weighted by molar-refractivity contribution is 6.42. The molecule has 2 fully saturated rings. The summed E-state index contributed by atoms with van der Waals surface area (Å²) >= 11 is 12.6. The molecule has 228 valence electrons. The zero-order valence-electron chi connectivity index (χ0n) is 25.4. The second-order valence-corrected chi connectivity index (χ2v) is 13.0. The summed E-state index contributed by atoms with van der Waals surface area (Å²) in [5.74, 6) is 0.0636. The number of benzene rings is 3. The van der Waals surface area contributed by atoms with Gasteiger partial charge in [-0.25, -0.2) is 0 Å². The number of aryl methyl sites for hydroxylation is 2. The van der Waals surface area contributed by atoms with E-state index in [0.717, 1.165) is 49.2 Å². The van der Waals surface area contributed by atoms with Gasteiger partial charge in [0, 0.05) is 50.2 Å². The van der Waals surface area contributed by atoms with E-state index in [1.807, 2.05) is 47.9 Å². The Bertz CT molecular complexity index is 1400. The summed E-state index contributed by atoms with van der Waals surface area (Å²) in [7, 11) is 0. The molecule has 3 aromatic rings. The SMILES string of the molecule is Cc1cc(C)cc(C(=O)N2CCN(C(=O)CC(C)NC3CCN(Cc4ccccc4)CC3)C(c3ccc(Cl)c(Cl)c3)C2)c1. The second kappa shape index (κ2) is 14.3. The summed E-state index contributed by atoms with van der Waals surface area (Å²) in [5.41, 5.74) is 5.02. The molecular weight excluding hydrogens is 579 g/mol. The lowest BCUT2D eigenvalue weighted by Gasteiger charge is -2.42. The molecule has 2 amide bonds. The van der Waals surface area contributed by atoms with E-state index in [0.29, 0.717) is 47.7 Å². The van der Waals surface area contributed by atoms with Crippen molar-refractivity contribution in [1.82, 2.24) is 20.0 Å². The van der Waals surface area contributed by atoms with Crippen molar-refractivity contribution >= 4 is 35.0 Å². The summed E-state index contributed by atoms with van der Waals surface area (Å²) in [5, 5.41) is 4.64. The number of hydrogen-bond acceptors (Lipinski definition) is 4. The van der Waals surface area contributed by atoms with Crippen molar-refractivity contribution in [3.63, 3.8) is 0 Å². The van der Waals surface area contributed by atoms with E-state index in [9.17, 15) is 9.59 Å². The van der Waals surface area contributed by atoms with Crippen LogP contribution >= 0.6 is 23.2 Å². The van der Waals surface area contributed by atoms with Gasteiger partial charge in [0.05, 0.1) is 16.1 Å². The van der Waals surface area contributed by atoms with Gasteiger partial charge in [-0.05, 0) is 82.1 Å². The summed E-state index contributed by atoms with van der Waals surface area (Å²) in [6.07, 6.45) is 2.53. The van der Waals surface area contributed by atoms with Crippen molar-refractivity contribution in [2.45, 2.75) is 64.7 Å². The van der Waals surface area contributed by atoms with Gasteiger partial charge in [-0.1, -0.05) is 76.8 Å². The van der Waals surface area contributed by atoms with Gasteiger partial charge in [-0.3, -0.25) is 14.5 Å². The van der Waals surface area contributed by atoms with E-state index < -0.39 is 0 Å². The summed E-state index contributed by atoms with van der Waals surface area (Å²) < 4.78 is 0. The van der Waals surface area contributed by atoms with Crippen molar-refractivity contribution in [3.05, 3.63) is 105 Å². The molecule has 0 spiro atoms. The molecule has 0 aliphatic carbocycles. The first-order valence-electron chi connectivity index (χ1n) is 15.3. The number of piperazine rings is 1. The number of halogens is 2. The number of hydrogen-bond donors (Lipinski definition) is 1. The van der Waals surface area contributed by atoms with Crippen molar-refractivity contribution < 1.29 is 9.59 Å². The molecule has 3 aromatic carbocycles. The zero-order valence-corrected chi connectivity index (χ0v) is 26.9. The van der Waals surface area contributed by atoms with E-state index in [2.05, 4.69) is 53.5 Å². The predicted octanol–water partition coefficient (Wildman–Crippen LogP) is 6.67. The molecule has 2 aliphatic rings. The van der Waals surface area contributed by atoms with Gasteiger partial charge >= 0.3 is 0 Å². The Hall–Kier alpha value is -2.90. The van der Waals surface area contributed by atoms with Gasteiger partial charge in [0.15, 0.2) is 0 Å². The van der Waals surface area contributed by atoms with Gasteiger partial charge in [0.25, 0.3) is 5.91 Å². The molecule has 0 aromatic heterocycles. The topological polar surface area (TPSA) is 55.9 Å². The summed E-state index contributed by atoms with van der Waals surface area (Å²) in [6.45, 7) is 10.5. The van der Waals surface area contributed by atoms with Crippen LogP contribution in [-0.4, -0.2) is 71.3 Å². The van der Waals surface area contributed by atoms with Crippen molar-refractivity contribution in [2.75, 3.05) is 32.7 Å². The Balaban J connectivity index is 1.22. The third-order valence-electron chi connectivity index (χ3n) is 8.62. The number of nitrogens with one attached hydrogen (secondary N) is 1. The minimum absolute atomic E-state index is 0.0161. The Morgan fingerprint density at radius 3 is 2.26 bits per heavy atom. The summed E-state index contributed by atoms with van der Waals surface area (Å²) in [6, 6.07) is 22.2. The number of piperidine rings is 1. The monoisotopic (exact) mass is 620 g/mol. The van der Waals surface area contributed by atoms with Gasteiger partial charge < -0.3 is 15.1 Å². The van der Waals surface area contributed by atoms with E-state index >= 15 is 0 Å². The third kappa shape index (κ3) is 8.18. The normalized spacial score (nSPS) is 19.0. The van der Waals surface area contributed by atoms with Crippen LogP contribution in [0.1, 0.15) is 64.8 Å². The van der Waals surface area contributed by atoms with Crippen molar-refractivity contribution in [2.24, 2.45) is 0 Å². The quantitative estimate of drug-likeness (QED) is 0.306. The minimum atomic E-state index is -0.306. The molecule has 2 unspecified atom stereocenters. The molecule has 2 saturated heterocycles. The molecule has 8 heteroatoms. The number of carbonyl (C=O) groups is 2. The third-order valence-corrected chi connectivity index (χ3v) is 9.36. The molecule has 0 saturated carbocycles. The fourth-order valence-electron chi connectivity index (χ4n) is 6.49. The van der Waals surface area contributed by atoms with Crippen LogP contribution < -0.4 is 5.32 Å². The summed E-state index contributed by atoms with van der Waals surface area (Å²) in [4.78, 5) is 33.6. The maximum Gasteiger partial charge on any atom is 0.254 e.